The normalized spacial score (nSPS) is 16.6. The van der Waals surface area contributed by atoms with Gasteiger partial charge in [-0.3, -0.25) is 0 Å². The van der Waals surface area contributed by atoms with Gasteiger partial charge in [0.2, 0.25) is 7.28 Å². The summed E-state index contributed by atoms with van der Waals surface area (Å²) in [5.74, 6) is 0. The average molecular weight is 921 g/mol. The van der Waals surface area contributed by atoms with Crippen LogP contribution in [0.2, 0.25) is 0 Å². The van der Waals surface area contributed by atoms with E-state index in [1.807, 2.05) is 22.7 Å². The van der Waals surface area contributed by atoms with Crippen LogP contribution in [0.5, 0.6) is 0 Å². The Morgan fingerprint density at radius 2 is 1.16 bits per heavy atom. The quantitative estimate of drug-likeness (QED) is 0.175. The third-order valence-corrected chi connectivity index (χ3v) is 19.1. The Hall–Kier alpha value is -5.62. The van der Waals surface area contributed by atoms with E-state index in [0.29, 0.717) is 0 Å². The number of nitrogens with zero attached hydrogens (tertiary/aromatic N) is 1. The number of rotatable bonds is 3. The second kappa shape index (κ2) is 13.8. The van der Waals surface area contributed by atoms with Gasteiger partial charge in [-0.15, -0.1) is 22.7 Å². The summed E-state index contributed by atoms with van der Waals surface area (Å²) in [7, 11) is 0.886. The van der Waals surface area contributed by atoms with Gasteiger partial charge in [-0.2, -0.15) is 0 Å². The molecule has 3 aliphatic rings. The van der Waals surface area contributed by atoms with Crippen LogP contribution in [0.3, 0.4) is 0 Å². The van der Waals surface area contributed by atoms with Gasteiger partial charge in [0.05, 0.1) is 11.2 Å². The third kappa shape index (κ3) is 6.00. The lowest BCUT2D eigenvalue weighted by Gasteiger charge is -2.42. The molecule has 1 aliphatic heterocycles. The van der Waals surface area contributed by atoms with E-state index in [-0.39, 0.29) is 27.1 Å². The first kappa shape index (κ1) is 42.5. The molecule has 1 N–H and O–H groups in total. The maximum atomic E-state index is 4.08. The van der Waals surface area contributed by atoms with Crippen LogP contribution in [0.4, 0.5) is 11.4 Å². The van der Waals surface area contributed by atoms with Crippen LogP contribution < -0.4 is 15.6 Å². The van der Waals surface area contributed by atoms with Gasteiger partial charge in [-0.1, -0.05) is 138 Å². The molecule has 3 aromatic heterocycles. The zero-order valence-electron chi connectivity index (χ0n) is 41.9. The van der Waals surface area contributed by atoms with Gasteiger partial charge in [-0.05, 0) is 155 Å². The number of hydrogen-bond donors (Lipinski definition) is 1. The first-order valence-corrected chi connectivity index (χ1v) is 26.5. The Morgan fingerprint density at radius 1 is 0.515 bits per heavy atom. The molecule has 338 valence electrons. The lowest BCUT2D eigenvalue weighted by atomic mass is 9.62. The van der Waals surface area contributed by atoms with Crippen molar-refractivity contribution < 1.29 is 0 Å². The number of hydrogen-bond acceptors (Lipinski definition) is 3. The minimum absolute atomic E-state index is 0.0434. The lowest BCUT2D eigenvalue weighted by Crippen LogP contribution is -2.35. The molecule has 0 bridgehead atoms. The summed E-state index contributed by atoms with van der Waals surface area (Å²) < 4.78 is 8.20. The van der Waals surface area contributed by atoms with E-state index in [4.69, 9.17) is 0 Å². The Bertz CT molecular complexity index is 3830. The molecule has 0 saturated heterocycles. The summed E-state index contributed by atoms with van der Waals surface area (Å²) in [4.78, 5) is 0. The summed E-state index contributed by atoms with van der Waals surface area (Å²) in [6.45, 7) is 28.7. The van der Waals surface area contributed by atoms with Crippen LogP contribution in [0.15, 0.2) is 115 Å². The molecule has 5 heteroatoms. The van der Waals surface area contributed by atoms with E-state index in [2.05, 4.69) is 208 Å². The maximum Gasteiger partial charge on any atom is 0.211 e. The molecule has 0 radical (unpaired) electrons. The predicted molar refractivity (Wildman–Crippen MR) is 301 cm³/mol. The molecule has 0 amide bonds. The van der Waals surface area contributed by atoms with Crippen molar-refractivity contribution in [3.05, 3.63) is 149 Å². The smallest absolute Gasteiger partial charge is 0.211 e. The Balaban J connectivity index is 1.10. The minimum atomic E-state index is -0.173. The van der Waals surface area contributed by atoms with Crippen LogP contribution in [0.25, 0.3) is 80.0 Å². The number of thiophene rings is 2. The Kier molecular flexibility index (Phi) is 8.62. The fraction of sp³-hybridized carbons (Fsp3) is 0.302. The number of benzene rings is 7. The molecule has 2 aliphatic carbocycles. The van der Waals surface area contributed by atoms with Gasteiger partial charge in [0.25, 0.3) is 0 Å². The van der Waals surface area contributed by atoms with Crippen molar-refractivity contribution in [3.8, 4) is 27.9 Å². The van der Waals surface area contributed by atoms with Gasteiger partial charge < -0.3 is 9.88 Å². The van der Waals surface area contributed by atoms with Crippen molar-refractivity contribution in [1.82, 2.24) is 4.57 Å². The number of fused-ring (bicyclic) bond motifs is 14. The highest BCUT2D eigenvalue weighted by Crippen LogP contribution is 2.56. The summed E-state index contributed by atoms with van der Waals surface area (Å²) in [5, 5.41) is 10.8. The second-order valence-electron chi connectivity index (χ2n) is 24.5. The standard InChI is InChI=1S/C63H61BN2S2/c1-59(2,3)34-17-20-36(21-18-34)65-50-30-41-40-28-48-49(62(9,10)26-25-61(48,7)8)33-47(40)63(11,12)46(41)29-42(50)38-22-23-39-43-32-54-44(37-15-13-14-16-52(37)67-54)31-51(43)66-56(39)55(38)64-58-57(66)45-27-35(60(4,5)6)19-24-53(45)68-58/h13-24,27-33,64-65H,25-26H2,1-12H3. The highest BCUT2D eigenvalue weighted by atomic mass is 32.1. The Labute approximate surface area is 410 Å². The fourth-order valence-electron chi connectivity index (χ4n) is 12.6. The van der Waals surface area contributed by atoms with Crippen LogP contribution in [-0.2, 0) is 27.1 Å². The molecule has 2 nitrogen and oxygen atoms in total. The monoisotopic (exact) mass is 920 g/mol. The molecule has 0 spiro atoms. The summed E-state index contributed by atoms with van der Waals surface area (Å²) in [5.41, 5.74) is 22.0. The Morgan fingerprint density at radius 3 is 1.90 bits per heavy atom. The molecular formula is C63H61BN2S2. The minimum Gasteiger partial charge on any atom is -0.355 e. The van der Waals surface area contributed by atoms with Gasteiger partial charge in [-0.25, -0.2) is 0 Å². The summed E-state index contributed by atoms with van der Waals surface area (Å²) >= 11 is 3.91. The van der Waals surface area contributed by atoms with Crippen molar-refractivity contribution in [2.75, 3.05) is 5.32 Å². The van der Waals surface area contributed by atoms with E-state index in [1.165, 1.54) is 136 Å². The molecule has 0 atom stereocenters. The zero-order valence-corrected chi connectivity index (χ0v) is 43.5. The van der Waals surface area contributed by atoms with E-state index in [9.17, 15) is 0 Å². The number of anilines is 2. The third-order valence-electron chi connectivity index (χ3n) is 16.8. The van der Waals surface area contributed by atoms with Crippen molar-refractivity contribution in [2.24, 2.45) is 0 Å². The molecule has 7 aromatic carbocycles. The topological polar surface area (TPSA) is 17.0 Å². The van der Waals surface area contributed by atoms with Crippen molar-refractivity contribution in [3.63, 3.8) is 0 Å². The molecule has 10 aromatic rings. The molecule has 13 rings (SSSR count). The van der Waals surface area contributed by atoms with Crippen LogP contribution in [0, 0.1) is 0 Å². The maximum absolute atomic E-state index is 4.08. The van der Waals surface area contributed by atoms with E-state index < -0.39 is 0 Å². The highest BCUT2D eigenvalue weighted by molar-refractivity contribution is 7.29. The lowest BCUT2D eigenvalue weighted by molar-refractivity contribution is 0.331. The van der Waals surface area contributed by atoms with Crippen LogP contribution >= 0.6 is 22.7 Å². The number of nitrogens with one attached hydrogen (secondary N) is 1. The van der Waals surface area contributed by atoms with Gasteiger partial charge in [0, 0.05) is 68.9 Å². The van der Waals surface area contributed by atoms with Crippen molar-refractivity contribution in [2.45, 2.75) is 123 Å². The second-order valence-corrected chi connectivity index (χ2v) is 26.8. The van der Waals surface area contributed by atoms with Crippen molar-refractivity contribution >= 4 is 104 Å². The fourth-order valence-corrected chi connectivity index (χ4v) is 14.9. The molecule has 0 saturated carbocycles. The first-order chi connectivity index (χ1) is 32.2. The van der Waals surface area contributed by atoms with Gasteiger partial charge in [0.1, 0.15) is 0 Å². The zero-order chi connectivity index (χ0) is 47.2. The molecule has 0 fully saturated rings. The van der Waals surface area contributed by atoms with Gasteiger partial charge in [0.15, 0.2) is 0 Å². The van der Waals surface area contributed by atoms with E-state index >= 15 is 0 Å². The molecular weight excluding hydrogens is 860 g/mol. The molecule has 4 heterocycles. The van der Waals surface area contributed by atoms with Gasteiger partial charge >= 0.3 is 0 Å². The van der Waals surface area contributed by atoms with Crippen LogP contribution in [0.1, 0.15) is 129 Å². The number of aromatic nitrogens is 1. The largest absolute Gasteiger partial charge is 0.355 e. The summed E-state index contributed by atoms with van der Waals surface area (Å²) in [6.07, 6.45) is 2.41. The van der Waals surface area contributed by atoms with E-state index in [0.717, 1.165) is 18.7 Å². The highest BCUT2D eigenvalue weighted by Gasteiger charge is 2.43. The SMILES string of the molecule is CC(C)(C)c1ccc(Nc2cc3c(cc2-c2ccc4c5cc6sc7ccccc7c6cc5n5c4c2Bc2sc4ccc(C(C)(C)C)cc4c2-5)C(C)(C)c2cc4c(cc2-3)C(C)(C)CCC4(C)C)cc1. The molecule has 0 unspecified atom stereocenters. The summed E-state index contributed by atoms with van der Waals surface area (Å²) in [6, 6.07) is 45.7. The van der Waals surface area contributed by atoms with E-state index in [1.54, 1.807) is 0 Å². The first-order valence-electron chi connectivity index (χ1n) is 24.9. The predicted octanol–water partition coefficient (Wildman–Crippen LogP) is 16.7. The van der Waals surface area contributed by atoms with Crippen molar-refractivity contribution in [1.29, 1.82) is 0 Å². The van der Waals surface area contributed by atoms with Crippen LogP contribution in [-0.4, -0.2) is 11.8 Å². The molecule has 68 heavy (non-hydrogen) atoms. The average Bonchev–Trinajstić information content (AvgIpc) is 4.00.